The zero-order valence-electron chi connectivity index (χ0n) is 12.5. The summed E-state index contributed by atoms with van der Waals surface area (Å²) in [6, 6.07) is 2.68. The number of carbonyl (C=O) groups is 3. The predicted octanol–water partition coefficient (Wildman–Crippen LogP) is 1.06. The SMILES string of the molecule is [2H]C([2H])([2H])Oc1ccc(C(=O)ON2C(=O)CCC2=O)cc1F. The molecule has 0 radical (unpaired) electrons. The van der Waals surface area contributed by atoms with Gasteiger partial charge in [0.25, 0.3) is 11.8 Å². The molecule has 19 heavy (non-hydrogen) atoms. The third-order valence-corrected chi connectivity index (χ3v) is 2.46. The molecule has 7 heteroatoms. The van der Waals surface area contributed by atoms with Gasteiger partial charge in [-0.1, -0.05) is 0 Å². The molecule has 1 heterocycles. The third kappa shape index (κ3) is 2.54. The second kappa shape index (κ2) is 5.05. The van der Waals surface area contributed by atoms with Gasteiger partial charge >= 0.3 is 5.97 Å². The van der Waals surface area contributed by atoms with Crippen molar-refractivity contribution >= 4 is 17.8 Å². The zero-order valence-corrected chi connectivity index (χ0v) is 9.51. The molecule has 1 aliphatic heterocycles. The van der Waals surface area contributed by atoms with Crippen molar-refractivity contribution in [2.24, 2.45) is 0 Å². The molecule has 100 valence electrons. The van der Waals surface area contributed by atoms with Crippen LogP contribution in [0.1, 0.15) is 27.3 Å². The summed E-state index contributed by atoms with van der Waals surface area (Å²) in [5.41, 5.74) is -0.303. The second-order valence-corrected chi connectivity index (χ2v) is 3.71. The third-order valence-electron chi connectivity index (χ3n) is 2.46. The van der Waals surface area contributed by atoms with E-state index in [2.05, 4.69) is 9.57 Å². The minimum Gasteiger partial charge on any atom is -0.494 e. The van der Waals surface area contributed by atoms with Crippen LogP contribution < -0.4 is 4.74 Å². The molecule has 6 nitrogen and oxygen atoms in total. The number of amides is 2. The van der Waals surface area contributed by atoms with Gasteiger partial charge in [-0.15, -0.1) is 5.06 Å². The first-order chi connectivity index (χ1) is 10.2. The summed E-state index contributed by atoms with van der Waals surface area (Å²) in [6.45, 7) is 0. The standard InChI is InChI=1S/C12H10FNO5/c1-18-9-3-2-7(6-8(9)13)12(17)19-14-10(15)4-5-11(14)16/h2-3,6H,4-5H2,1H3/i1D3. The molecule has 1 saturated heterocycles. The van der Waals surface area contributed by atoms with Gasteiger partial charge in [0.2, 0.25) is 0 Å². The summed E-state index contributed by atoms with van der Waals surface area (Å²) in [7, 11) is -2.84. The van der Waals surface area contributed by atoms with Crippen LogP contribution in [-0.4, -0.2) is 29.9 Å². The Labute approximate surface area is 111 Å². The van der Waals surface area contributed by atoms with E-state index < -0.39 is 36.4 Å². The number of ether oxygens (including phenoxy) is 1. The number of hydroxylamine groups is 2. The fraction of sp³-hybridized carbons (Fsp3) is 0.250. The van der Waals surface area contributed by atoms with Crippen LogP contribution in [0.3, 0.4) is 0 Å². The van der Waals surface area contributed by atoms with Crippen LogP contribution in [0.2, 0.25) is 0 Å². The summed E-state index contributed by atoms with van der Waals surface area (Å²) in [6.07, 6.45) is -0.127. The number of hydrogen-bond acceptors (Lipinski definition) is 5. The van der Waals surface area contributed by atoms with E-state index in [1.165, 1.54) is 0 Å². The summed E-state index contributed by atoms with van der Waals surface area (Å²) in [4.78, 5) is 38.9. The Kier molecular flexibility index (Phi) is 2.52. The number of imide groups is 1. The molecule has 0 atom stereocenters. The number of carbonyl (C=O) groups excluding carboxylic acids is 3. The molecular formula is C12H10FNO5. The van der Waals surface area contributed by atoms with Crippen molar-refractivity contribution in [1.29, 1.82) is 0 Å². The molecule has 0 unspecified atom stereocenters. The smallest absolute Gasteiger partial charge is 0.364 e. The average molecular weight is 270 g/mol. The number of hydrogen-bond donors (Lipinski definition) is 0. The summed E-state index contributed by atoms with van der Waals surface area (Å²) in [5.74, 6) is -4.11. The average Bonchev–Trinajstić information content (AvgIpc) is 2.71. The van der Waals surface area contributed by atoms with E-state index in [-0.39, 0.29) is 18.4 Å². The molecule has 1 aliphatic rings. The Morgan fingerprint density at radius 1 is 1.37 bits per heavy atom. The largest absolute Gasteiger partial charge is 0.494 e. The van der Waals surface area contributed by atoms with Gasteiger partial charge in [-0.05, 0) is 18.2 Å². The van der Waals surface area contributed by atoms with E-state index in [0.29, 0.717) is 11.1 Å². The van der Waals surface area contributed by atoms with Gasteiger partial charge in [0.1, 0.15) is 0 Å². The lowest BCUT2D eigenvalue weighted by atomic mass is 10.2. The van der Waals surface area contributed by atoms with E-state index in [9.17, 15) is 18.8 Å². The van der Waals surface area contributed by atoms with Crippen LogP contribution in [0, 0.1) is 5.82 Å². The Morgan fingerprint density at radius 3 is 2.63 bits per heavy atom. The summed E-state index contributed by atoms with van der Waals surface area (Å²) >= 11 is 0. The highest BCUT2D eigenvalue weighted by atomic mass is 19.1. The van der Waals surface area contributed by atoms with Crippen molar-refractivity contribution in [3.63, 3.8) is 0 Å². The van der Waals surface area contributed by atoms with Crippen molar-refractivity contribution in [1.82, 2.24) is 5.06 Å². The topological polar surface area (TPSA) is 72.9 Å². The molecule has 0 N–H and O–H groups in total. The number of rotatable bonds is 3. The van der Waals surface area contributed by atoms with Crippen LogP contribution >= 0.6 is 0 Å². The van der Waals surface area contributed by atoms with Gasteiger partial charge in [-0.3, -0.25) is 9.59 Å². The molecule has 1 aromatic rings. The van der Waals surface area contributed by atoms with Crippen molar-refractivity contribution in [3.05, 3.63) is 29.6 Å². The molecule has 0 aliphatic carbocycles. The van der Waals surface area contributed by atoms with Gasteiger partial charge in [-0.25, -0.2) is 9.18 Å². The van der Waals surface area contributed by atoms with E-state index in [0.717, 1.165) is 12.1 Å². The molecule has 2 rings (SSSR count). The maximum Gasteiger partial charge on any atom is 0.364 e. The van der Waals surface area contributed by atoms with E-state index in [4.69, 9.17) is 4.11 Å². The second-order valence-electron chi connectivity index (χ2n) is 3.71. The minimum absolute atomic E-state index is 0.0637. The molecule has 0 spiro atoms. The van der Waals surface area contributed by atoms with Gasteiger partial charge in [0.05, 0.1) is 16.7 Å². The monoisotopic (exact) mass is 270 g/mol. The molecule has 1 aromatic carbocycles. The number of nitrogens with zero attached hydrogens (tertiary/aromatic N) is 1. The van der Waals surface area contributed by atoms with Gasteiger partial charge in [0.15, 0.2) is 11.6 Å². The fourth-order valence-electron chi connectivity index (χ4n) is 1.50. The first-order valence-electron chi connectivity index (χ1n) is 6.74. The Morgan fingerprint density at radius 2 is 2.05 bits per heavy atom. The summed E-state index contributed by atoms with van der Waals surface area (Å²) < 4.78 is 38.7. The number of halogens is 1. The lowest BCUT2D eigenvalue weighted by Crippen LogP contribution is -2.32. The normalized spacial score (nSPS) is 17.7. The highest BCUT2D eigenvalue weighted by Crippen LogP contribution is 2.19. The first kappa shape index (κ1) is 9.48. The van der Waals surface area contributed by atoms with Crippen LogP contribution in [0.25, 0.3) is 0 Å². The summed E-state index contributed by atoms with van der Waals surface area (Å²) in [5, 5.41) is 0.326. The van der Waals surface area contributed by atoms with Crippen molar-refractivity contribution < 1.29 is 32.5 Å². The van der Waals surface area contributed by atoms with E-state index in [1.54, 1.807) is 0 Å². The van der Waals surface area contributed by atoms with Crippen molar-refractivity contribution in [3.8, 4) is 5.75 Å². The van der Waals surface area contributed by atoms with Crippen LogP contribution in [0.4, 0.5) is 4.39 Å². The Balaban J connectivity index is 2.12. The van der Waals surface area contributed by atoms with Crippen molar-refractivity contribution in [2.45, 2.75) is 12.8 Å². The van der Waals surface area contributed by atoms with Crippen LogP contribution in [0.15, 0.2) is 18.2 Å². The molecule has 0 aromatic heterocycles. The molecule has 0 bridgehead atoms. The predicted molar refractivity (Wildman–Crippen MR) is 59.5 cm³/mol. The Bertz CT molecular complexity index is 630. The maximum absolute atomic E-state index is 13.7. The highest BCUT2D eigenvalue weighted by molar-refractivity contribution is 6.02. The van der Waals surface area contributed by atoms with E-state index in [1.807, 2.05) is 0 Å². The lowest BCUT2D eigenvalue weighted by molar-refractivity contribution is -0.172. The van der Waals surface area contributed by atoms with Gasteiger partial charge in [0, 0.05) is 12.8 Å². The lowest BCUT2D eigenvalue weighted by Gasteiger charge is -2.12. The quantitative estimate of drug-likeness (QED) is 0.768. The molecule has 0 saturated carbocycles. The highest BCUT2D eigenvalue weighted by Gasteiger charge is 2.33. The van der Waals surface area contributed by atoms with Crippen LogP contribution in [0.5, 0.6) is 5.75 Å². The minimum atomic E-state index is -2.84. The molecule has 1 fully saturated rings. The van der Waals surface area contributed by atoms with Crippen molar-refractivity contribution in [2.75, 3.05) is 7.04 Å². The maximum atomic E-state index is 13.7. The zero-order chi connectivity index (χ0) is 16.5. The molecule has 2 amide bonds. The van der Waals surface area contributed by atoms with Gasteiger partial charge in [-0.2, -0.15) is 0 Å². The first-order valence-corrected chi connectivity index (χ1v) is 5.24. The van der Waals surface area contributed by atoms with Gasteiger partial charge < -0.3 is 9.57 Å². The fourth-order valence-corrected chi connectivity index (χ4v) is 1.50. The Hall–Kier alpha value is -2.44. The van der Waals surface area contributed by atoms with Crippen LogP contribution in [-0.2, 0) is 14.4 Å². The number of benzene rings is 1. The van der Waals surface area contributed by atoms with E-state index >= 15 is 0 Å². The number of methoxy groups -OCH3 is 1. The molecular weight excluding hydrogens is 257 g/mol.